The number of ether oxygens (including phenoxy) is 1. The summed E-state index contributed by atoms with van der Waals surface area (Å²) in [7, 11) is -1.78. The molecule has 0 bridgehead atoms. The molecule has 0 saturated carbocycles. The molecule has 0 radical (unpaired) electrons. The Hall–Kier alpha value is -0.643. The lowest BCUT2D eigenvalue weighted by Gasteiger charge is -2.43. The molecule has 1 saturated heterocycles. The molecule has 2 nitrogen and oxygen atoms in total. The average Bonchev–Trinajstić information content (AvgIpc) is 2.46. The SMILES string of the molecule is CCCC=CC=CC=C[C@@H]1OC[C@H](C)C[C@H]1O[Si](C)(C)C(C)(C)C. The lowest BCUT2D eigenvalue weighted by atomic mass is 9.97. The Morgan fingerprint density at radius 3 is 2.42 bits per heavy atom. The van der Waals surface area contributed by atoms with Gasteiger partial charge in [0.25, 0.3) is 0 Å². The van der Waals surface area contributed by atoms with E-state index in [4.69, 9.17) is 9.16 Å². The molecular weight excluding hydrogens is 312 g/mol. The highest BCUT2D eigenvalue weighted by atomic mass is 28.4. The summed E-state index contributed by atoms with van der Waals surface area (Å²) >= 11 is 0. The monoisotopic (exact) mass is 350 g/mol. The summed E-state index contributed by atoms with van der Waals surface area (Å²) in [6.45, 7) is 16.8. The van der Waals surface area contributed by atoms with E-state index in [1.165, 1.54) is 6.42 Å². The molecule has 0 aromatic carbocycles. The lowest BCUT2D eigenvalue weighted by molar-refractivity contribution is -0.0652. The van der Waals surface area contributed by atoms with Gasteiger partial charge in [0.15, 0.2) is 8.32 Å². The van der Waals surface area contributed by atoms with Crippen LogP contribution < -0.4 is 0 Å². The van der Waals surface area contributed by atoms with Crippen molar-refractivity contribution in [1.82, 2.24) is 0 Å². The van der Waals surface area contributed by atoms with Crippen LogP contribution in [-0.4, -0.2) is 27.1 Å². The number of unbranched alkanes of at least 4 members (excludes halogenated alkanes) is 1. The first-order valence-electron chi connectivity index (χ1n) is 9.46. The van der Waals surface area contributed by atoms with Crippen molar-refractivity contribution in [2.45, 2.75) is 84.2 Å². The van der Waals surface area contributed by atoms with Crippen LogP contribution in [0.25, 0.3) is 0 Å². The van der Waals surface area contributed by atoms with Crippen LogP contribution in [0.4, 0.5) is 0 Å². The minimum atomic E-state index is -1.78. The standard InChI is InChI=1S/C21H38O2Si/c1-8-9-10-11-12-13-14-15-19-20(16-18(2)17-22-19)23-24(6,7)21(3,4)5/h10-15,18-20H,8-9,16-17H2,1-7H3/t18-,19+,20-/m1/s1. The maximum absolute atomic E-state index is 6.66. The van der Waals surface area contributed by atoms with Crippen LogP contribution in [0.3, 0.4) is 0 Å². The number of hydrogen-bond donors (Lipinski definition) is 0. The van der Waals surface area contributed by atoms with Crippen molar-refractivity contribution in [3.05, 3.63) is 36.5 Å². The second-order valence-electron chi connectivity index (χ2n) is 8.54. The van der Waals surface area contributed by atoms with Gasteiger partial charge in [-0.05, 0) is 36.9 Å². The number of rotatable bonds is 7. The molecule has 1 heterocycles. The van der Waals surface area contributed by atoms with Gasteiger partial charge in [-0.25, -0.2) is 0 Å². The summed E-state index contributed by atoms with van der Waals surface area (Å²) in [6.07, 6.45) is 16.4. The van der Waals surface area contributed by atoms with Gasteiger partial charge in [-0.15, -0.1) is 0 Å². The Morgan fingerprint density at radius 2 is 1.79 bits per heavy atom. The minimum absolute atomic E-state index is 0.0691. The van der Waals surface area contributed by atoms with E-state index < -0.39 is 8.32 Å². The third-order valence-corrected chi connectivity index (χ3v) is 9.56. The lowest BCUT2D eigenvalue weighted by Crippen LogP contribution is -2.49. The van der Waals surface area contributed by atoms with E-state index in [0.717, 1.165) is 19.4 Å². The molecule has 3 heteroatoms. The zero-order valence-corrected chi connectivity index (χ0v) is 17.8. The zero-order chi connectivity index (χ0) is 18.2. The molecule has 1 aliphatic heterocycles. The quantitative estimate of drug-likeness (QED) is 0.398. The molecule has 24 heavy (non-hydrogen) atoms. The normalized spacial score (nSPS) is 26.9. The molecule has 0 aromatic rings. The topological polar surface area (TPSA) is 18.5 Å². The second-order valence-corrected chi connectivity index (χ2v) is 13.3. The summed E-state index contributed by atoms with van der Waals surface area (Å²) in [6, 6.07) is 0. The first-order chi connectivity index (χ1) is 11.2. The van der Waals surface area contributed by atoms with E-state index in [2.05, 4.69) is 84.2 Å². The van der Waals surface area contributed by atoms with Crippen molar-refractivity contribution in [3.63, 3.8) is 0 Å². The largest absolute Gasteiger partial charge is 0.411 e. The predicted molar refractivity (Wildman–Crippen MR) is 108 cm³/mol. The van der Waals surface area contributed by atoms with E-state index in [1.54, 1.807) is 0 Å². The molecule has 1 fully saturated rings. The molecule has 0 spiro atoms. The molecule has 0 amide bonds. The van der Waals surface area contributed by atoms with Gasteiger partial charge >= 0.3 is 0 Å². The Bertz CT molecular complexity index is 443. The van der Waals surface area contributed by atoms with Crippen LogP contribution in [0.1, 0.15) is 53.9 Å². The molecule has 0 aliphatic carbocycles. The fourth-order valence-electron chi connectivity index (χ4n) is 2.47. The van der Waals surface area contributed by atoms with Gasteiger partial charge in [-0.1, -0.05) is 77.5 Å². The number of hydrogen-bond acceptors (Lipinski definition) is 2. The summed E-state index contributed by atoms with van der Waals surface area (Å²) in [4.78, 5) is 0. The molecule has 3 atom stereocenters. The summed E-state index contributed by atoms with van der Waals surface area (Å²) in [5.74, 6) is 0.567. The Balaban J connectivity index is 2.69. The van der Waals surface area contributed by atoms with Crippen molar-refractivity contribution < 1.29 is 9.16 Å². The van der Waals surface area contributed by atoms with E-state index in [9.17, 15) is 0 Å². The van der Waals surface area contributed by atoms with Crippen LogP contribution in [0.5, 0.6) is 0 Å². The van der Waals surface area contributed by atoms with E-state index in [-0.39, 0.29) is 17.2 Å². The van der Waals surface area contributed by atoms with Gasteiger partial charge in [-0.2, -0.15) is 0 Å². The fourth-order valence-corrected chi connectivity index (χ4v) is 3.82. The highest BCUT2D eigenvalue weighted by molar-refractivity contribution is 6.74. The van der Waals surface area contributed by atoms with Gasteiger partial charge in [0.1, 0.15) is 6.10 Å². The van der Waals surface area contributed by atoms with E-state index >= 15 is 0 Å². The van der Waals surface area contributed by atoms with Crippen molar-refractivity contribution in [3.8, 4) is 0 Å². The minimum Gasteiger partial charge on any atom is -0.411 e. The second kappa shape index (κ2) is 9.74. The van der Waals surface area contributed by atoms with Crippen LogP contribution in [0.2, 0.25) is 18.1 Å². The predicted octanol–water partition coefficient (Wildman–Crippen LogP) is 6.27. The third kappa shape index (κ3) is 7.08. The average molecular weight is 351 g/mol. The summed E-state index contributed by atoms with van der Waals surface area (Å²) < 4.78 is 12.7. The molecule has 1 rings (SSSR count). The van der Waals surface area contributed by atoms with Crippen LogP contribution >= 0.6 is 0 Å². The molecule has 138 valence electrons. The first kappa shape index (κ1) is 21.4. The highest BCUT2D eigenvalue weighted by Crippen LogP contribution is 2.39. The maximum atomic E-state index is 6.66. The molecule has 1 aliphatic rings. The fraction of sp³-hybridized carbons (Fsp3) is 0.714. The molecule has 0 N–H and O–H groups in total. The van der Waals surface area contributed by atoms with Gasteiger partial charge < -0.3 is 9.16 Å². The highest BCUT2D eigenvalue weighted by Gasteiger charge is 2.41. The van der Waals surface area contributed by atoms with Crippen molar-refractivity contribution in [2.24, 2.45) is 5.92 Å². The van der Waals surface area contributed by atoms with Crippen LogP contribution in [0, 0.1) is 5.92 Å². The van der Waals surface area contributed by atoms with Crippen LogP contribution in [-0.2, 0) is 9.16 Å². The van der Waals surface area contributed by atoms with Gasteiger partial charge in [-0.3, -0.25) is 0 Å². The number of allylic oxidation sites excluding steroid dienone is 5. The van der Waals surface area contributed by atoms with Gasteiger partial charge in [0.2, 0.25) is 0 Å². The molecular formula is C21H38O2Si. The molecule has 0 aromatic heterocycles. The Labute approximate surface area is 151 Å². The summed E-state index contributed by atoms with van der Waals surface area (Å²) in [5, 5.41) is 0.228. The maximum Gasteiger partial charge on any atom is 0.192 e. The Morgan fingerprint density at radius 1 is 1.12 bits per heavy atom. The van der Waals surface area contributed by atoms with Crippen molar-refractivity contribution in [1.29, 1.82) is 0 Å². The van der Waals surface area contributed by atoms with Crippen molar-refractivity contribution >= 4 is 8.32 Å². The zero-order valence-electron chi connectivity index (χ0n) is 16.8. The van der Waals surface area contributed by atoms with Gasteiger partial charge in [0.05, 0.1) is 12.7 Å². The van der Waals surface area contributed by atoms with Crippen LogP contribution in [0.15, 0.2) is 36.5 Å². The van der Waals surface area contributed by atoms with Crippen molar-refractivity contribution in [2.75, 3.05) is 6.61 Å². The smallest absolute Gasteiger partial charge is 0.192 e. The third-order valence-electron chi connectivity index (χ3n) is 5.05. The Kier molecular flexibility index (Phi) is 8.68. The van der Waals surface area contributed by atoms with E-state index in [0.29, 0.717) is 5.92 Å². The van der Waals surface area contributed by atoms with Gasteiger partial charge in [0, 0.05) is 0 Å². The first-order valence-corrected chi connectivity index (χ1v) is 12.4. The van der Waals surface area contributed by atoms with E-state index in [1.807, 2.05) is 0 Å². The molecule has 0 unspecified atom stereocenters. The summed E-state index contributed by atoms with van der Waals surface area (Å²) in [5.41, 5.74) is 0.